The van der Waals surface area contributed by atoms with E-state index in [9.17, 15) is 4.79 Å². The summed E-state index contributed by atoms with van der Waals surface area (Å²) in [6.45, 7) is 2.71. The predicted molar refractivity (Wildman–Crippen MR) is 111 cm³/mol. The molecule has 2 aromatic rings. The Hall–Kier alpha value is -2.05. The average Bonchev–Trinajstić information content (AvgIpc) is 3.59. The van der Waals surface area contributed by atoms with Gasteiger partial charge in [-0.3, -0.25) is 4.79 Å². The molecule has 2 aliphatic rings. The van der Waals surface area contributed by atoms with E-state index in [1.54, 1.807) is 18.3 Å². The van der Waals surface area contributed by atoms with Crippen LogP contribution in [0.15, 0.2) is 30.5 Å². The molecule has 7 heteroatoms. The Morgan fingerprint density at radius 3 is 2.93 bits per heavy atom. The number of aromatic nitrogens is 1. The molecule has 0 saturated heterocycles. The molecular weight excluding hydrogens is 396 g/mol. The van der Waals surface area contributed by atoms with Crippen LogP contribution in [0.3, 0.4) is 0 Å². The Morgan fingerprint density at radius 1 is 1.39 bits per heavy atom. The summed E-state index contributed by atoms with van der Waals surface area (Å²) in [6, 6.07) is 5.43. The average molecular weight is 419 g/mol. The molecule has 0 unspecified atom stereocenters. The number of nitrogens with zero attached hydrogens (tertiary/aromatic N) is 1. The number of carbonyl (C=O) groups excluding carboxylic acids is 1. The van der Waals surface area contributed by atoms with Crippen LogP contribution in [0.25, 0.3) is 6.08 Å². The lowest BCUT2D eigenvalue weighted by molar-refractivity contribution is -0.122. The lowest BCUT2D eigenvalue weighted by atomic mass is 10.2. The summed E-state index contributed by atoms with van der Waals surface area (Å²) in [5, 5.41) is 4.00. The molecule has 1 aromatic carbocycles. The van der Waals surface area contributed by atoms with Crippen molar-refractivity contribution in [1.82, 2.24) is 10.3 Å². The van der Waals surface area contributed by atoms with Gasteiger partial charge in [-0.25, -0.2) is 4.98 Å². The van der Waals surface area contributed by atoms with Gasteiger partial charge in [-0.1, -0.05) is 29.0 Å². The van der Waals surface area contributed by atoms with Crippen molar-refractivity contribution in [2.45, 2.75) is 38.6 Å². The Morgan fingerprint density at radius 2 is 2.21 bits per heavy atom. The highest BCUT2D eigenvalue weighted by Gasteiger charge is 2.29. The van der Waals surface area contributed by atoms with Crippen molar-refractivity contribution in [2.24, 2.45) is 11.8 Å². The third-order valence-corrected chi connectivity index (χ3v) is 5.79. The molecule has 4 rings (SSSR count). The number of ether oxygens (including phenoxy) is 2. The highest BCUT2D eigenvalue weighted by Crippen LogP contribution is 2.35. The molecule has 0 aliphatic heterocycles. The molecule has 1 atom stereocenters. The molecule has 0 bridgehead atoms. The van der Waals surface area contributed by atoms with Crippen molar-refractivity contribution in [3.8, 4) is 16.7 Å². The molecule has 1 heterocycles. The molecule has 2 saturated carbocycles. The van der Waals surface area contributed by atoms with E-state index in [-0.39, 0.29) is 17.9 Å². The van der Waals surface area contributed by atoms with Crippen LogP contribution in [-0.4, -0.2) is 23.5 Å². The first-order chi connectivity index (χ1) is 13.6. The van der Waals surface area contributed by atoms with Gasteiger partial charge in [-0.2, -0.15) is 0 Å². The molecule has 1 amide bonds. The number of hydrogen-bond acceptors (Lipinski definition) is 5. The third kappa shape index (κ3) is 5.49. The zero-order valence-electron chi connectivity index (χ0n) is 15.7. The Bertz CT molecular complexity index is 874. The van der Waals surface area contributed by atoms with Gasteiger partial charge in [0, 0.05) is 24.2 Å². The smallest absolute Gasteiger partial charge is 0.279 e. The zero-order chi connectivity index (χ0) is 19.5. The lowest BCUT2D eigenvalue weighted by Crippen LogP contribution is -2.32. The first kappa shape index (κ1) is 19.3. The lowest BCUT2D eigenvalue weighted by Gasteiger charge is -2.08. The van der Waals surface area contributed by atoms with Gasteiger partial charge in [0.05, 0.1) is 16.5 Å². The number of rotatable bonds is 9. The second-order valence-electron chi connectivity index (χ2n) is 7.41. The minimum Gasteiger partial charge on any atom is -0.493 e. The molecular formula is C21H23ClN2O3S. The highest BCUT2D eigenvalue weighted by atomic mass is 35.5. The molecule has 1 aromatic heterocycles. The van der Waals surface area contributed by atoms with Gasteiger partial charge < -0.3 is 14.8 Å². The van der Waals surface area contributed by atoms with Crippen LogP contribution >= 0.6 is 22.9 Å². The van der Waals surface area contributed by atoms with Crippen molar-refractivity contribution < 1.29 is 14.3 Å². The van der Waals surface area contributed by atoms with E-state index < -0.39 is 0 Å². The minimum atomic E-state index is -0.0165. The quantitative estimate of drug-likeness (QED) is 0.599. The van der Waals surface area contributed by atoms with Crippen LogP contribution in [-0.2, 0) is 4.79 Å². The third-order valence-electron chi connectivity index (χ3n) is 4.65. The van der Waals surface area contributed by atoms with E-state index in [0.717, 1.165) is 30.1 Å². The van der Waals surface area contributed by atoms with Crippen molar-refractivity contribution in [3.63, 3.8) is 0 Å². The fourth-order valence-corrected chi connectivity index (χ4v) is 3.52. The van der Waals surface area contributed by atoms with Crippen LogP contribution in [0.1, 0.15) is 37.5 Å². The summed E-state index contributed by atoms with van der Waals surface area (Å²) in [5.74, 6) is 2.37. The van der Waals surface area contributed by atoms with Gasteiger partial charge >= 0.3 is 0 Å². The van der Waals surface area contributed by atoms with Crippen molar-refractivity contribution in [2.75, 3.05) is 6.61 Å². The summed E-state index contributed by atoms with van der Waals surface area (Å²) < 4.78 is 11.5. The summed E-state index contributed by atoms with van der Waals surface area (Å²) in [5.41, 5.74) is 0. The van der Waals surface area contributed by atoms with Gasteiger partial charge in [0.15, 0.2) is 0 Å². The van der Waals surface area contributed by atoms with E-state index in [2.05, 4.69) is 10.3 Å². The second-order valence-corrected chi connectivity index (χ2v) is 8.84. The Kier molecular flexibility index (Phi) is 5.87. The maximum atomic E-state index is 11.8. The number of amides is 1. The fraction of sp³-hybridized carbons (Fsp3) is 0.429. The molecule has 0 spiro atoms. The fourth-order valence-electron chi connectivity index (χ4n) is 2.62. The molecule has 2 aliphatic carbocycles. The van der Waals surface area contributed by atoms with Crippen molar-refractivity contribution in [1.29, 1.82) is 0 Å². The molecule has 5 nitrogen and oxygen atoms in total. The SMILES string of the molecule is C[C@@H](C=Cc1cnc(Oc2ccc(OCC3CC3)cc2Cl)s1)NC(=O)C1CC1. The maximum absolute atomic E-state index is 11.8. The van der Waals surface area contributed by atoms with Crippen LogP contribution < -0.4 is 14.8 Å². The topological polar surface area (TPSA) is 60.5 Å². The largest absolute Gasteiger partial charge is 0.493 e. The molecule has 28 heavy (non-hydrogen) atoms. The van der Waals surface area contributed by atoms with Crippen LogP contribution in [0, 0.1) is 11.8 Å². The van der Waals surface area contributed by atoms with E-state index in [4.69, 9.17) is 21.1 Å². The normalized spacial score (nSPS) is 17.5. The van der Waals surface area contributed by atoms with E-state index in [1.807, 2.05) is 25.1 Å². The van der Waals surface area contributed by atoms with Gasteiger partial charge in [0.2, 0.25) is 5.91 Å². The van der Waals surface area contributed by atoms with Gasteiger partial charge in [0.25, 0.3) is 5.19 Å². The molecule has 0 radical (unpaired) electrons. The van der Waals surface area contributed by atoms with E-state index in [0.29, 0.717) is 21.9 Å². The summed E-state index contributed by atoms with van der Waals surface area (Å²) in [7, 11) is 0. The van der Waals surface area contributed by atoms with E-state index >= 15 is 0 Å². The maximum Gasteiger partial charge on any atom is 0.279 e. The molecule has 148 valence electrons. The number of carbonyl (C=O) groups is 1. The van der Waals surface area contributed by atoms with Gasteiger partial charge in [-0.15, -0.1) is 0 Å². The van der Waals surface area contributed by atoms with Crippen molar-refractivity contribution >= 4 is 34.9 Å². The van der Waals surface area contributed by atoms with Crippen LogP contribution in [0.2, 0.25) is 5.02 Å². The second kappa shape index (κ2) is 8.53. The van der Waals surface area contributed by atoms with Gasteiger partial charge in [-0.05, 0) is 56.7 Å². The first-order valence-corrected chi connectivity index (χ1v) is 10.8. The minimum absolute atomic E-state index is 0.0165. The molecule has 1 N–H and O–H groups in total. The highest BCUT2D eigenvalue weighted by molar-refractivity contribution is 7.14. The summed E-state index contributed by atoms with van der Waals surface area (Å²) in [6.07, 6.45) is 10.2. The van der Waals surface area contributed by atoms with Crippen LogP contribution in [0.5, 0.6) is 16.7 Å². The monoisotopic (exact) mass is 418 g/mol. The summed E-state index contributed by atoms with van der Waals surface area (Å²) in [4.78, 5) is 17.0. The number of halogens is 1. The van der Waals surface area contributed by atoms with E-state index in [1.165, 1.54) is 24.2 Å². The predicted octanol–water partition coefficient (Wildman–Crippen LogP) is 5.31. The number of hydrogen-bond donors (Lipinski definition) is 1. The molecule has 2 fully saturated rings. The number of benzene rings is 1. The summed E-state index contributed by atoms with van der Waals surface area (Å²) >= 11 is 7.74. The van der Waals surface area contributed by atoms with Gasteiger partial charge in [0.1, 0.15) is 11.5 Å². The van der Waals surface area contributed by atoms with Crippen LogP contribution in [0.4, 0.5) is 0 Å². The Labute approximate surface area is 173 Å². The van der Waals surface area contributed by atoms with Crippen molar-refractivity contribution in [3.05, 3.63) is 40.4 Å². The Balaban J connectivity index is 1.31. The number of thiazole rings is 1. The number of nitrogens with one attached hydrogen (secondary N) is 1. The first-order valence-electron chi connectivity index (χ1n) is 9.61. The zero-order valence-corrected chi connectivity index (χ0v) is 17.3. The standard InChI is InChI=1S/C21H23ClN2O3S/c1-13(24-20(25)15-5-6-15)2-8-17-11-23-21(28-17)27-19-9-7-16(10-18(19)22)26-12-14-3-4-14/h2,7-11,13-15H,3-6,12H2,1H3,(H,24,25)/t13-/m0/s1.